The minimum Gasteiger partial charge on any atom is -0.496 e. The number of hydrogen-bond donors (Lipinski definition) is 0. The Bertz CT molecular complexity index is 779. The summed E-state index contributed by atoms with van der Waals surface area (Å²) < 4.78 is 10.6. The van der Waals surface area contributed by atoms with E-state index in [0.29, 0.717) is 22.4 Å². The number of nitrogens with zero attached hydrogens (tertiary/aromatic N) is 1. The average Bonchev–Trinajstić information content (AvgIpc) is 2.51. The van der Waals surface area contributed by atoms with Crippen LogP contribution in [0.2, 0.25) is 5.15 Å². The predicted octanol–water partition coefficient (Wildman–Crippen LogP) is 3.92. The summed E-state index contributed by atoms with van der Waals surface area (Å²) in [6.07, 6.45) is 0. The summed E-state index contributed by atoms with van der Waals surface area (Å²) in [6, 6.07) is 6.75. The standard InChI is InChI=1S/C18H18ClNO4/c1-10-7-11(2)20-17(19)16(10)18(22)24-9-14-8-13(12(3)21)5-6-15(14)23-4/h5-8H,9H2,1-4H3. The first-order chi connectivity index (χ1) is 11.3. The van der Waals surface area contributed by atoms with Crippen LogP contribution >= 0.6 is 11.6 Å². The third-order valence-electron chi connectivity index (χ3n) is 3.55. The van der Waals surface area contributed by atoms with Gasteiger partial charge in [0.1, 0.15) is 17.5 Å². The summed E-state index contributed by atoms with van der Waals surface area (Å²) in [6.45, 7) is 5.01. The number of carbonyl (C=O) groups is 2. The SMILES string of the molecule is COc1ccc(C(C)=O)cc1COC(=O)c1c(C)cc(C)nc1Cl. The predicted molar refractivity (Wildman–Crippen MR) is 90.8 cm³/mol. The van der Waals surface area contributed by atoms with E-state index in [1.165, 1.54) is 14.0 Å². The van der Waals surface area contributed by atoms with Gasteiger partial charge in [0.05, 0.1) is 12.7 Å². The molecule has 0 N–H and O–H groups in total. The largest absolute Gasteiger partial charge is 0.496 e. The first-order valence-electron chi connectivity index (χ1n) is 7.32. The maximum absolute atomic E-state index is 12.3. The molecule has 0 spiro atoms. The molecule has 0 aliphatic carbocycles. The Labute approximate surface area is 145 Å². The van der Waals surface area contributed by atoms with Crippen molar-refractivity contribution in [1.82, 2.24) is 4.98 Å². The summed E-state index contributed by atoms with van der Waals surface area (Å²) in [5.74, 6) is -0.107. The average molecular weight is 348 g/mol. The van der Waals surface area contributed by atoms with Crippen molar-refractivity contribution in [2.75, 3.05) is 7.11 Å². The Kier molecular flexibility index (Phi) is 5.57. The van der Waals surface area contributed by atoms with E-state index in [0.717, 1.165) is 5.69 Å². The van der Waals surface area contributed by atoms with Gasteiger partial charge in [-0.1, -0.05) is 11.6 Å². The number of ether oxygens (including phenoxy) is 2. The number of benzene rings is 1. The van der Waals surface area contributed by atoms with Crippen LogP contribution in [0.1, 0.15) is 44.5 Å². The lowest BCUT2D eigenvalue weighted by molar-refractivity contribution is 0.0469. The van der Waals surface area contributed by atoms with Crippen molar-refractivity contribution >= 4 is 23.4 Å². The summed E-state index contributed by atoms with van der Waals surface area (Å²) in [5.41, 5.74) is 2.79. The number of ketones is 1. The molecule has 24 heavy (non-hydrogen) atoms. The number of aryl methyl sites for hydroxylation is 2. The zero-order valence-corrected chi connectivity index (χ0v) is 14.7. The van der Waals surface area contributed by atoms with E-state index in [1.807, 2.05) is 0 Å². The van der Waals surface area contributed by atoms with Crippen molar-refractivity contribution in [1.29, 1.82) is 0 Å². The number of Topliss-reactive ketones (excluding diaryl/α,β-unsaturated/α-hetero) is 1. The van der Waals surface area contributed by atoms with Gasteiger partial charge in [-0.3, -0.25) is 4.79 Å². The molecule has 126 valence electrons. The first-order valence-corrected chi connectivity index (χ1v) is 7.70. The number of aromatic nitrogens is 1. The lowest BCUT2D eigenvalue weighted by atomic mass is 10.1. The molecule has 0 radical (unpaired) electrons. The van der Waals surface area contributed by atoms with Crippen LogP contribution in [-0.2, 0) is 11.3 Å². The van der Waals surface area contributed by atoms with Gasteiger partial charge in [0.25, 0.3) is 0 Å². The van der Waals surface area contributed by atoms with Crippen LogP contribution in [0.25, 0.3) is 0 Å². The van der Waals surface area contributed by atoms with E-state index in [2.05, 4.69) is 4.98 Å². The molecular formula is C18H18ClNO4. The number of methoxy groups -OCH3 is 1. The minimum atomic E-state index is -0.569. The van der Waals surface area contributed by atoms with Crippen molar-refractivity contribution in [2.24, 2.45) is 0 Å². The fourth-order valence-electron chi connectivity index (χ4n) is 2.36. The van der Waals surface area contributed by atoms with Gasteiger partial charge < -0.3 is 9.47 Å². The van der Waals surface area contributed by atoms with E-state index in [4.69, 9.17) is 21.1 Å². The Morgan fingerprint density at radius 1 is 1.21 bits per heavy atom. The van der Waals surface area contributed by atoms with Gasteiger partial charge >= 0.3 is 5.97 Å². The van der Waals surface area contributed by atoms with Crippen LogP contribution in [0.4, 0.5) is 0 Å². The Morgan fingerprint density at radius 3 is 2.50 bits per heavy atom. The first kappa shape index (κ1) is 17.9. The second-order valence-electron chi connectivity index (χ2n) is 5.41. The van der Waals surface area contributed by atoms with E-state index in [-0.39, 0.29) is 23.1 Å². The molecule has 0 aliphatic heterocycles. The van der Waals surface area contributed by atoms with Crippen molar-refractivity contribution < 1.29 is 19.1 Å². The lowest BCUT2D eigenvalue weighted by Crippen LogP contribution is -2.10. The molecule has 0 saturated heterocycles. The van der Waals surface area contributed by atoms with Crippen LogP contribution in [0.15, 0.2) is 24.3 Å². The molecule has 6 heteroatoms. The van der Waals surface area contributed by atoms with Gasteiger partial charge in [-0.15, -0.1) is 0 Å². The third kappa shape index (κ3) is 3.92. The molecule has 0 amide bonds. The molecule has 1 aromatic carbocycles. The topological polar surface area (TPSA) is 65.5 Å². The van der Waals surface area contributed by atoms with Crippen LogP contribution in [0.3, 0.4) is 0 Å². The van der Waals surface area contributed by atoms with Gasteiger partial charge in [-0.05, 0) is 50.6 Å². The second kappa shape index (κ2) is 7.45. The molecule has 0 unspecified atom stereocenters. The van der Waals surface area contributed by atoms with E-state index in [1.54, 1.807) is 38.1 Å². The zero-order chi connectivity index (χ0) is 17.9. The van der Waals surface area contributed by atoms with Crippen molar-refractivity contribution in [3.05, 3.63) is 57.4 Å². The van der Waals surface area contributed by atoms with Crippen molar-refractivity contribution in [2.45, 2.75) is 27.4 Å². The maximum atomic E-state index is 12.3. The van der Waals surface area contributed by atoms with Gasteiger partial charge in [-0.25, -0.2) is 9.78 Å². The summed E-state index contributed by atoms with van der Waals surface area (Å²) in [7, 11) is 1.51. The van der Waals surface area contributed by atoms with Gasteiger partial charge in [-0.2, -0.15) is 0 Å². The fourth-order valence-corrected chi connectivity index (χ4v) is 2.72. The van der Waals surface area contributed by atoms with Gasteiger partial charge in [0, 0.05) is 16.8 Å². The monoisotopic (exact) mass is 347 g/mol. The van der Waals surface area contributed by atoms with Crippen LogP contribution in [0.5, 0.6) is 5.75 Å². The van der Waals surface area contributed by atoms with Crippen molar-refractivity contribution in [3.8, 4) is 5.75 Å². The Morgan fingerprint density at radius 2 is 1.92 bits per heavy atom. The van der Waals surface area contributed by atoms with Crippen LogP contribution in [-0.4, -0.2) is 23.8 Å². The van der Waals surface area contributed by atoms with Crippen LogP contribution < -0.4 is 4.74 Å². The van der Waals surface area contributed by atoms with Gasteiger partial charge in [0.2, 0.25) is 0 Å². The summed E-state index contributed by atoms with van der Waals surface area (Å²) >= 11 is 6.06. The highest BCUT2D eigenvalue weighted by Gasteiger charge is 2.18. The quantitative estimate of drug-likeness (QED) is 0.466. The second-order valence-corrected chi connectivity index (χ2v) is 5.76. The number of rotatable bonds is 5. The smallest absolute Gasteiger partial charge is 0.341 e. The molecule has 0 aliphatic rings. The highest BCUT2D eigenvalue weighted by atomic mass is 35.5. The molecule has 0 bridgehead atoms. The van der Waals surface area contributed by atoms with E-state index >= 15 is 0 Å². The molecule has 0 fully saturated rings. The third-order valence-corrected chi connectivity index (χ3v) is 3.82. The molecule has 2 rings (SSSR count). The normalized spacial score (nSPS) is 10.4. The molecular weight excluding hydrogens is 330 g/mol. The van der Waals surface area contributed by atoms with E-state index < -0.39 is 5.97 Å². The molecule has 5 nitrogen and oxygen atoms in total. The molecule has 2 aromatic rings. The molecule has 1 heterocycles. The molecule has 1 aromatic heterocycles. The number of halogens is 1. The molecule has 0 saturated carbocycles. The maximum Gasteiger partial charge on any atom is 0.341 e. The zero-order valence-electron chi connectivity index (χ0n) is 14.0. The summed E-state index contributed by atoms with van der Waals surface area (Å²) in [4.78, 5) is 27.9. The number of carbonyl (C=O) groups excluding carboxylic acids is 2. The van der Waals surface area contributed by atoms with E-state index in [9.17, 15) is 9.59 Å². The number of pyridine rings is 1. The molecule has 0 atom stereocenters. The summed E-state index contributed by atoms with van der Waals surface area (Å²) in [5, 5.41) is 0.113. The number of esters is 1. The lowest BCUT2D eigenvalue weighted by Gasteiger charge is -2.12. The minimum absolute atomic E-state index is 0.0349. The fraction of sp³-hybridized carbons (Fsp3) is 0.278. The van der Waals surface area contributed by atoms with Crippen LogP contribution in [0, 0.1) is 13.8 Å². The van der Waals surface area contributed by atoms with Gasteiger partial charge in [0.15, 0.2) is 5.78 Å². The van der Waals surface area contributed by atoms with Crippen molar-refractivity contribution in [3.63, 3.8) is 0 Å². The highest BCUT2D eigenvalue weighted by molar-refractivity contribution is 6.32. The Hall–Kier alpha value is -2.40. The highest BCUT2D eigenvalue weighted by Crippen LogP contribution is 2.24. The Balaban J connectivity index is 2.23. The number of hydrogen-bond acceptors (Lipinski definition) is 5.